The van der Waals surface area contributed by atoms with Gasteiger partial charge in [-0.05, 0) is 19.8 Å². The molecule has 1 atom stereocenters. The van der Waals surface area contributed by atoms with E-state index in [0.29, 0.717) is 19.4 Å². The molecule has 6 heteroatoms. The van der Waals surface area contributed by atoms with Crippen molar-refractivity contribution in [2.24, 2.45) is 0 Å². The summed E-state index contributed by atoms with van der Waals surface area (Å²) in [6.45, 7) is 4.28. The third kappa shape index (κ3) is 10.0. The Hall–Kier alpha value is -1.40. The van der Waals surface area contributed by atoms with Gasteiger partial charge in [-0.25, -0.2) is 0 Å². The summed E-state index contributed by atoms with van der Waals surface area (Å²) in [7, 11) is 0. The van der Waals surface area contributed by atoms with Crippen LogP contribution in [0, 0.1) is 0 Å². The molecule has 1 unspecified atom stereocenters. The van der Waals surface area contributed by atoms with Gasteiger partial charge < -0.3 is 15.5 Å². The highest BCUT2D eigenvalue weighted by Gasteiger charge is 2.20. The van der Waals surface area contributed by atoms with Crippen molar-refractivity contribution in [2.45, 2.75) is 52.0 Å². The van der Waals surface area contributed by atoms with E-state index in [9.17, 15) is 9.59 Å². The molecule has 0 saturated heterocycles. The number of unbranched alkanes of at least 4 members (excludes halogenated alkanes) is 2. The Kier molecular flexibility index (Phi) is 11.5. The van der Waals surface area contributed by atoms with Gasteiger partial charge in [0.1, 0.15) is 6.04 Å². The van der Waals surface area contributed by atoms with Crippen molar-refractivity contribution in [1.82, 2.24) is 10.2 Å². The molecule has 0 aromatic carbocycles. The van der Waals surface area contributed by atoms with Gasteiger partial charge in [0.2, 0.25) is 5.91 Å². The van der Waals surface area contributed by atoms with Gasteiger partial charge in [-0.1, -0.05) is 31.9 Å². The van der Waals surface area contributed by atoms with Crippen LogP contribution in [0.15, 0.2) is 12.2 Å². The average Bonchev–Trinajstić information content (AvgIpc) is 2.46. The lowest BCUT2D eigenvalue weighted by molar-refractivity contribution is -0.143. The number of amides is 1. The predicted molar refractivity (Wildman–Crippen MR) is 81.8 cm³/mol. The van der Waals surface area contributed by atoms with Crippen molar-refractivity contribution >= 4 is 11.9 Å². The number of nitrogens with one attached hydrogen (secondary N) is 1. The molecule has 0 heterocycles. The second kappa shape index (κ2) is 12.3. The number of hydrogen-bond donors (Lipinski definition) is 3. The van der Waals surface area contributed by atoms with Crippen molar-refractivity contribution in [3.63, 3.8) is 0 Å². The number of carboxylic acid groups (broad SMARTS) is 1. The zero-order valence-corrected chi connectivity index (χ0v) is 13.0. The number of rotatable bonds is 12. The number of aliphatic hydroxyl groups excluding tert-OH is 1. The molecule has 0 spiro atoms. The third-order valence-corrected chi connectivity index (χ3v) is 3.18. The quantitative estimate of drug-likeness (QED) is 0.288. The minimum Gasteiger partial charge on any atom is -0.480 e. The normalized spacial score (nSPS) is 12.8. The van der Waals surface area contributed by atoms with E-state index in [0.717, 1.165) is 19.3 Å². The third-order valence-electron chi connectivity index (χ3n) is 3.18. The van der Waals surface area contributed by atoms with Crippen molar-refractivity contribution in [3.8, 4) is 0 Å². The van der Waals surface area contributed by atoms with Crippen LogP contribution in [0.25, 0.3) is 0 Å². The fourth-order valence-electron chi connectivity index (χ4n) is 1.73. The van der Waals surface area contributed by atoms with Crippen LogP contribution >= 0.6 is 0 Å². The maximum absolute atomic E-state index is 11.7. The number of carbonyl (C=O) groups excluding carboxylic acids is 1. The number of allylic oxidation sites excluding steroid dienone is 1. The Morgan fingerprint density at radius 2 is 2.00 bits per heavy atom. The average molecular weight is 300 g/mol. The van der Waals surface area contributed by atoms with Gasteiger partial charge in [0.05, 0.1) is 6.67 Å². The van der Waals surface area contributed by atoms with Gasteiger partial charge in [0.15, 0.2) is 0 Å². The number of carbonyl (C=O) groups is 2. The summed E-state index contributed by atoms with van der Waals surface area (Å²) in [4.78, 5) is 24.3. The summed E-state index contributed by atoms with van der Waals surface area (Å²) in [5.41, 5.74) is 0. The fraction of sp³-hybridized carbons (Fsp3) is 0.733. The first-order chi connectivity index (χ1) is 10.0. The van der Waals surface area contributed by atoms with Crippen LogP contribution in [0.5, 0.6) is 0 Å². The second-order valence-electron chi connectivity index (χ2n) is 4.98. The number of aliphatic carboxylic acids is 1. The zero-order valence-electron chi connectivity index (χ0n) is 13.0. The van der Waals surface area contributed by atoms with Gasteiger partial charge in [-0.15, -0.1) is 0 Å². The largest absolute Gasteiger partial charge is 0.480 e. The summed E-state index contributed by atoms with van der Waals surface area (Å²) in [6, 6.07) is -0.697. The Morgan fingerprint density at radius 3 is 2.57 bits per heavy atom. The van der Waals surface area contributed by atoms with E-state index in [-0.39, 0.29) is 19.2 Å². The van der Waals surface area contributed by atoms with Gasteiger partial charge in [0.25, 0.3) is 0 Å². The van der Waals surface area contributed by atoms with E-state index in [2.05, 4.69) is 12.2 Å². The van der Waals surface area contributed by atoms with Crippen molar-refractivity contribution in [1.29, 1.82) is 0 Å². The summed E-state index contributed by atoms with van der Waals surface area (Å²) in [6.07, 6.45) is 7.83. The van der Waals surface area contributed by atoms with Crippen LogP contribution in [0.3, 0.4) is 0 Å². The first-order valence-electron chi connectivity index (χ1n) is 7.52. The molecule has 6 nitrogen and oxygen atoms in total. The Morgan fingerprint density at radius 1 is 1.29 bits per heavy atom. The predicted octanol–water partition coefficient (Wildman–Crippen LogP) is 1.35. The molecule has 0 rings (SSSR count). The summed E-state index contributed by atoms with van der Waals surface area (Å²) < 4.78 is 0. The Balaban J connectivity index is 4.12. The maximum Gasteiger partial charge on any atom is 0.320 e. The SMILES string of the molecule is CCCC/C=C/CC(=O)NCN(CCCO)C(C)C(=O)O. The van der Waals surface area contributed by atoms with Gasteiger partial charge in [0, 0.05) is 19.6 Å². The van der Waals surface area contributed by atoms with Crippen LogP contribution in [0.2, 0.25) is 0 Å². The van der Waals surface area contributed by atoms with E-state index in [1.54, 1.807) is 11.8 Å². The van der Waals surface area contributed by atoms with Gasteiger partial charge >= 0.3 is 5.97 Å². The Bertz CT molecular complexity index is 332. The number of hydrogen-bond acceptors (Lipinski definition) is 4. The van der Waals surface area contributed by atoms with Crippen molar-refractivity contribution in [2.75, 3.05) is 19.8 Å². The minimum absolute atomic E-state index is 0.00302. The molecule has 3 N–H and O–H groups in total. The first kappa shape index (κ1) is 19.6. The highest BCUT2D eigenvalue weighted by molar-refractivity contribution is 5.77. The molecule has 21 heavy (non-hydrogen) atoms. The smallest absolute Gasteiger partial charge is 0.320 e. The molecule has 0 aromatic rings. The van der Waals surface area contributed by atoms with E-state index in [1.165, 1.54) is 0 Å². The summed E-state index contributed by atoms with van der Waals surface area (Å²) in [5, 5.41) is 20.6. The molecule has 0 saturated carbocycles. The number of aliphatic hydroxyl groups is 1. The van der Waals surface area contributed by atoms with Gasteiger partial charge in [-0.3, -0.25) is 14.5 Å². The minimum atomic E-state index is -0.943. The molecule has 0 bridgehead atoms. The molecule has 0 aliphatic carbocycles. The van der Waals surface area contributed by atoms with E-state index < -0.39 is 12.0 Å². The molecular weight excluding hydrogens is 272 g/mol. The van der Waals surface area contributed by atoms with Crippen LogP contribution in [0.4, 0.5) is 0 Å². The molecule has 0 aliphatic rings. The second-order valence-corrected chi connectivity index (χ2v) is 4.98. The first-order valence-corrected chi connectivity index (χ1v) is 7.52. The van der Waals surface area contributed by atoms with Crippen molar-refractivity contribution < 1.29 is 19.8 Å². The maximum atomic E-state index is 11.7. The van der Waals surface area contributed by atoms with E-state index in [1.807, 2.05) is 12.2 Å². The summed E-state index contributed by atoms with van der Waals surface area (Å²) >= 11 is 0. The van der Waals surface area contributed by atoms with E-state index in [4.69, 9.17) is 10.2 Å². The lowest BCUT2D eigenvalue weighted by atomic mass is 10.2. The van der Waals surface area contributed by atoms with Crippen LogP contribution < -0.4 is 5.32 Å². The Labute approximate surface area is 126 Å². The molecule has 122 valence electrons. The topological polar surface area (TPSA) is 89.9 Å². The van der Waals surface area contributed by atoms with Crippen LogP contribution in [-0.2, 0) is 9.59 Å². The molecular formula is C15H28N2O4. The van der Waals surface area contributed by atoms with Crippen LogP contribution in [0.1, 0.15) is 46.0 Å². The summed E-state index contributed by atoms with van der Waals surface area (Å²) in [5.74, 6) is -1.07. The lowest BCUT2D eigenvalue weighted by Crippen LogP contribution is -2.46. The zero-order chi connectivity index (χ0) is 16.1. The molecule has 0 fully saturated rings. The number of nitrogens with zero attached hydrogens (tertiary/aromatic N) is 1. The molecule has 0 aliphatic heterocycles. The van der Waals surface area contributed by atoms with Gasteiger partial charge in [-0.2, -0.15) is 0 Å². The van der Waals surface area contributed by atoms with Crippen molar-refractivity contribution in [3.05, 3.63) is 12.2 Å². The standard InChI is InChI=1S/C15H28N2O4/c1-3-4-5-6-7-9-14(19)16-12-17(10-8-11-18)13(2)15(20)21/h6-7,13,18H,3-5,8-12H2,1-2H3,(H,16,19)(H,20,21)/b7-6+. The monoisotopic (exact) mass is 300 g/mol. The van der Waals surface area contributed by atoms with E-state index >= 15 is 0 Å². The highest BCUT2D eigenvalue weighted by Crippen LogP contribution is 2.00. The lowest BCUT2D eigenvalue weighted by Gasteiger charge is -2.26. The fourth-order valence-corrected chi connectivity index (χ4v) is 1.73. The molecule has 0 aromatic heterocycles. The number of carboxylic acids is 1. The van der Waals surface area contributed by atoms with Crippen LogP contribution in [-0.4, -0.2) is 52.9 Å². The molecule has 1 amide bonds. The highest BCUT2D eigenvalue weighted by atomic mass is 16.4. The molecule has 0 radical (unpaired) electrons.